The Balaban J connectivity index is 2.98. The Labute approximate surface area is 111 Å². The summed E-state index contributed by atoms with van der Waals surface area (Å²) in [7, 11) is 0. The summed E-state index contributed by atoms with van der Waals surface area (Å²) in [6.07, 6.45) is 0.768. The number of carboxylic acids is 1. The number of hydrogen-bond donors (Lipinski definition) is 2. The van der Waals surface area contributed by atoms with Crippen LogP contribution in [0.1, 0.15) is 30.6 Å². The number of carbonyl (C=O) groups excluding carboxylic acids is 1. The van der Waals surface area contributed by atoms with Gasteiger partial charge in [-0.15, -0.1) is 0 Å². The van der Waals surface area contributed by atoms with E-state index in [1.807, 2.05) is 6.92 Å². The van der Waals surface area contributed by atoms with Crippen LogP contribution in [0.2, 0.25) is 0 Å². The highest BCUT2D eigenvalue weighted by Gasteiger charge is 2.18. The van der Waals surface area contributed by atoms with Crippen molar-refractivity contribution in [2.45, 2.75) is 20.3 Å². The Morgan fingerprint density at radius 2 is 2.05 bits per heavy atom. The summed E-state index contributed by atoms with van der Waals surface area (Å²) in [5, 5.41) is 11.3. The normalized spacial score (nSPS) is 10.1. The topological polar surface area (TPSA) is 69.6 Å². The van der Waals surface area contributed by atoms with Crippen LogP contribution in [0.15, 0.2) is 18.2 Å². The third kappa shape index (κ3) is 3.67. The van der Waals surface area contributed by atoms with Crippen LogP contribution in [0, 0.1) is 5.82 Å². The number of carbonyl (C=O) groups is 2. The first kappa shape index (κ1) is 14.9. The zero-order valence-corrected chi connectivity index (χ0v) is 10.9. The molecule has 104 valence electrons. The first-order valence-corrected chi connectivity index (χ1v) is 6.09. The molecule has 0 aromatic heterocycles. The maximum absolute atomic E-state index is 13.6. The van der Waals surface area contributed by atoms with Gasteiger partial charge in [0, 0.05) is 13.1 Å². The lowest BCUT2D eigenvalue weighted by atomic mass is 10.1. The molecule has 0 saturated carbocycles. The maximum atomic E-state index is 13.6. The van der Waals surface area contributed by atoms with E-state index in [0.717, 1.165) is 12.5 Å². The molecule has 1 aromatic rings. The number of para-hydroxylation sites is 1. The van der Waals surface area contributed by atoms with Crippen LogP contribution in [-0.4, -0.2) is 35.1 Å². The Bertz CT molecular complexity index is 477. The molecule has 0 unspecified atom stereocenters. The third-order valence-corrected chi connectivity index (χ3v) is 2.64. The number of benzene rings is 1. The lowest BCUT2D eigenvalue weighted by molar-refractivity contribution is 0.0697. The quantitative estimate of drug-likeness (QED) is 0.862. The van der Waals surface area contributed by atoms with Gasteiger partial charge in [0.25, 0.3) is 0 Å². The molecule has 5 nitrogen and oxygen atoms in total. The average Bonchev–Trinajstić information content (AvgIpc) is 2.37. The predicted octanol–water partition coefficient (Wildman–Crippen LogP) is 2.79. The number of rotatable bonds is 5. The molecule has 2 amide bonds. The largest absolute Gasteiger partial charge is 0.478 e. The van der Waals surface area contributed by atoms with Crippen molar-refractivity contribution in [1.29, 1.82) is 0 Å². The van der Waals surface area contributed by atoms with E-state index in [9.17, 15) is 14.0 Å². The molecule has 0 saturated heterocycles. The molecule has 2 N–H and O–H groups in total. The van der Waals surface area contributed by atoms with E-state index in [1.54, 1.807) is 6.92 Å². The van der Waals surface area contributed by atoms with Gasteiger partial charge in [0.2, 0.25) is 0 Å². The highest BCUT2D eigenvalue weighted by Crippen LogP contribution is 2.20. The number of nitrogens with one attached hydrogen (secondary N) is 1. The molecule has 0 atom stereocenters. The van der Waals surface area contributed by atoms with Gasteiger partial charge < -0.3 is 15.3 Å². The standard InChI is InChI=1S/C13H17FN2O3/c1-3-8-16(4-2)13(19)15-11-9(12(17)18)6-5-7-10(11)14/h5-7H,3-4,8H2,1-2H3,(H,15,19)(H,17,18). The number of halogens is 1. The second kappa shape index (κ2) is 6.72. The second-order valence-electron chi connectivity index (χ2n) is 3.98. The summed E-state index contributed by atoms with van der Waals surface area (Å²) in [4.78, 5) is 24.4. The van der Waals surface area contributed by atoms with Crippen molar-refractivity contribution in [3.63, 3.8) is 0 Å². The fraction of sp³-hybridized carbons (Fsp3) is 0.385. The van der Waals surface area contributed by atoms with E-state index in [-0.39, 0.29) is 11.3 Å². The van der Waals surface area contributed by atoms with Gasteiger partial charge in [-0.1, -0.05) is 13.0 Å². The van der Waals surface area contributed by atoms with Gasteiger partial charge in [-0.05, 0) is 25.5 Å². The van der Waals surface area contributed by atoms with Crippen LogP contribution < -0.4 is 5.32 Å². The van der Waals surface area contributed by atoms with Crippen molar-refractivity contribution >= 4 is 17.7 Å². The minimum absolute atomic E-state index is 0.263. The number of amides is 2. The van der Waals surface area contributed by atoms with Crippen molar-refractivity contribution in [1.82, 2.24) is 4.90 Å². The predicted molar refractivity (Wildman–Crippen MR) is 69.9 cm³/mol. The van der Waals surface area contributed by atoms with E-state index < -0.39 is 17.8 Å². The van der Waals surface area contributed by atoms with Gasteiger partial charge in [0.15, 0.2) is 0 Å². The molecule has 0 aliphatic heterocycles. The Hall–Kier alpha value is -2.11. The molecule has 0 aliphatic rings. The summed E-state index contributed by atoms with van der Waals surface area (Å²) in [5.74, 6) is -2.05. The van der Waals surface area contributed by atoms with E-state index in [0.29, 0.717) is 13.1 Å². The van der Waals surface area contributed by atoms with Crippen LogP contribution in [0.4, 0.5) is 14.9 Å². The molecule has 0 aliphatic carbocycles. The third-order valence-electron chi connectivity index (χ3n) is 2.64. The van der Waals surface area contributed by atoms with Crippen molar-refractivity contribution in [2.24, 2.45) is 0 Å². The monoisotopic (exact) mass is 268 g/mol. The smallest absolute Gasteiger partial charge is 0.337 e. The van der Waals surface area contributed by atoms with Gasteiger partial charge in [-0.25, -0.2) is 14.0 Å². The lowest BCUT2D eigenvalue weighted by Crippen LogP contribution is -2.36. The van der Waals surface area contributed by atoms with Crippen LogP contribution in [0.5, 0.6) is 0 Å². The molecular formula is C13H17FN2O3. The molecule has 6 heteroatoms. The number of carboxylic acid groups (broad SMARTS) is 1. The zero-order valence-electron chi connectivity index (χ0n) is 10.9. The van der Waals surface area contributed by atoms with E-state index in [2.05, 4.69) is 5.32 Å². The molecule has 1 rings (SSSR count). The molecular weight excluding hydrogens is 251 g/mol. The summed E-state index contributed by atoms with van der Waals surface area (Å²) in [5.41, 5.74) is -0.560. The molecule has 0 radical (unpaired) electrons. The highest BCUT2D eigenvalue weighted by molar-refractivity contribution is 6.00. The van der Waals surface area contributed by atoms with Crippen LogP contribution >= 0.6 is 0 Å². The van der Waals surface area contributed by atoms with Crippen LogP contribution in [0.3, 0.4) is 0 Å². The molecule has 0 fully saturated rings. The fourth-order valence-electron chi connectivity index (χ4n) is 1.69. The number of nitrogens with zero attached hydrogens (tertiary/aromatic N) is 1. The van der Waals surface area contributed by atoms with Gasteiger partial charge in [0.05, 0.1) is 11.3 Å². The van der Waals surface area contributed by atoms with Gasteiger partial charge in [-0.3, -0.25) is 0 Å². The van der Waals surface area contributed by atoms with Crippen LogP contribution in [0.25, 0.3) is 0 Å². The Morgan fingerprint density at radius 3 is 2.58 bits per heavy atom. The minimum atomic E-state index is -1.28. The first-order valence-electron chi connectivity index (χ1n) is 6.09. The number of aromatic carboxylic acids is 1. The molecule has 19 heavy (non-hydrogen) atoms. The molecule has 0 heterocycles. The van der Waals surface area contributed by atoms with Gasteiger partial charge in [-0.2, -0.15) is 0 Å². The van der Waals surface area contributed by atoms with Crippen LogP contribution in [-0.2, 0) is 0 Å². The SMILES string of the molecule is CCCN(CC)C(=O)Nc1c(F)cccc1C(=O)O. The highest BCUT2D eigenvalue weighted by atomic mass is 19.1. The first-order chi connectivity index (χ1) is 9.01. The van der Waals surface area contributed by atoms with E-state index in [1.165, 1.54) is 17.0 Å². The average molecular weight is 268 g/mol. The minimum Gasteiger partial charge on any atom is -0.478 e. The molecule has 0 bridgehead atoms. The summed E-state index contributed by atoms with van der Waals surface area (Å²) < 4.78 is 13.6. The number of hydrogen-bond acceptors (Lipinski definition) is 2. The number of urea groups is 1. The zero-order chi connectivity index (χ0) is 14.4. The van der Waals surface area contributed by atoms with E-state index in [4.69, 9.17) is 5.11 Å². The Kier molecular flexibility index (Phi) is 5.29. The number of anilines is 1. The molecule has 1 aromatic carbocycles. The summed E-state index contributed by atoms with van der Waals surface area (Å²) >= 11 is 0. The Morgan fingerprint density at radius 1 is 1.37 bits per heavy atom. The van der Waals surface area contributed by atoms with E-state index >= 15 is 0 Å². The van der Waals surface area contributed by atoms with Crippen molar-refractivity contribution < 1.29 is 19.1 Å². The fourth-order valence-corrected chi connectivity index (χ4v) is 1.69. The maximum Gasteiger partial charge on any atom is 0.337 e. The van der Waals surface area contributed by atoms with Crippen molar-refractivity contribution in [2.75, 3.05) is 18.4 Å². The van der Waals surface area contributed by atoms with Gasteiger partial charge >= 0.3 is 12.0 Å². The lowest BCUT2D eigenvalue weighted by Gasteiger charge is -2.21. The molecule has 0 spiro atoms. The summed E-state index contributed by atoms with van der Waals surface area (Å²) in [6, 6.07) is 3.14. The summed E-state index contributed by atoms with van der Waals surface area (Å²) in [6.45, 7) is 4.71. The van der Waals surface area contributed by atoms with Crippen molar-refractivity contribution in [3.8, 4) is 0 Å². The second-order valence-corrected chi connectivity index (χ2v) is 3.98. The van der Waals surface area contributed by atoms with Crippen molar-refractivity contribution in [3.05, 3.63) is 29.6 Å². The van der Waals surface area contributed by atoms with Gasteiger partial charge in [0.1, 0.15) is 5.82 Å².